The standard InChI is InChI=1S/C27H29FN2O/c1-19-17-30(14-13-27(19,2)24-8-4-7-23(16-24)26(29)31)18-20-5-3-6-22(15-20)21-9-11-25(28)12-10-21/h3-12,15-16,19H,13-14,17-18H2,1-2H3,(H2,29,31). The fourth-order valence-corrected chi connectivity index (χ4v) is 4.67. The van der Waals surface area contributed by atoms with Gasteiger partial charge in [0.1, 0.15) is 5.82 Å². The molecule has 0 aromatic heterocycles. The maximum atomic E-state index is 13.2. The first-order valence-electron chi connectivity index (χ1n) is 10.8. The normalized spacial score (nSPS) is 21.7. The summed E-state index contributed by atoms with van der Waals surface area (Å²) in [4.78, 5) is 14.1. The van der Waals surface area contributed by atoms with E-state index in [1.54, 1.807) is 6.07 Å². The number of hydrogen-bond acceptors (Lipinski definition) is 2. The fraction of sp³-hybridized carbons (Fsp3) is 0.296. The van der Waals surface area contributed by atoms with Crippen LogP contribution in [0.25, 0.3) is 11.1 Å². The van der Waals surface area contributed by atoms with E-state index in [1.165, 1.54) is 23.3 Å². The van der Waals surface area contributed by atoms with Crippen molar-refractivity contribution < 1.29 is 9.18 Å². The number of carbonyl (C=O) groups excluding carboxylic acids is 1. The molecule has 4 rings (SSSR count). The van der Waals surface area contributed by atoms with Gasteiger partial charge in [-0.1, -0.05) is 56.3 Å². The second-order valence-corrected chi connectivity index (χ2v) is 8.96. The Morgan fingerprint density at radius 3 is 2.52 bits per heavy atom. The molecule has 2 atom stereocenters. The molecule has 0 spiro atoms. The molecule has 0 aliphatic carbocycles. The molecule has 160 valence electrons. The summed E-state index contributed by atoms with van der Waals surface area (Å²) in [5, 5.41) is 0. The second kappa shape index (κ2) is 8.64. The molecule has 0 saturated carbocycles. The van der Waals surface area contributed by atoms with Crippen molar-refractivity contribution in [3.8, 4) is 11.1 Å². The zero-order valence-electron chi connectivity index (χ0n) is 18.1. The molecule has 4 heteroatoms. The van der Waals surface area contributed by atoms with Gasteiger partial charge in [0.2, 0.25) is 5.91 Å². The lowest BCUT2D eigenvalue weighted by atomic mass is 9.67. The first-order valence-corrected chi connectivity index (χ1v) is 10.8. The third-order valence-electron chi connectivity index (χ3n) is 6.88. The van der Waals surface area contributed by atoms with Crippen molar-refractivity contribution in [1.82, 2.24) is 4.90 Å². The van der Waals surface area contributed by atoms with Gasteiger partial charge in [-0.25, -0.2) is 4.39 Å². The van der Waals surface area contributed by atoms with Gasteiger partial charge in [-0.05, 0) is 76.9 Å². The van der Waals surface area contributed by atoms with Crippen molar-refractivity contribution in [2.45, 2.75) is 32.2 Å². The molecule has 3 aromatic carbocycles. The van der Waals surface area contributed by atoms with Gasteiger partial charge >= 0.3 is 0 Å². The Morgan fingerprint density at radius 2 is 1.81 bits per heavy atom. The van der Waals surface area contributed by atoms with E-state index in [-0.39, 0.29) is 17.1 Å². The number of nitrogens with two attached hydrogens (primary N) is 1. The molecule has 2 unspecified atom stereocenters. The van der Waals surface area contributed by atoms with Crippen LogP contribution >= 0.6 is 0 Å². The van der Waals surface area contributed by atoms with Gasteiger partial charge in [-0.15, -0.1) is 0 Å². The van der Waals surface area contributed by atoms with Crippen molar-refractivity contribution >= 4 is 5.91 Å². The molecular weight excluding hydrogens is 387 g/mol. The summed E-state index contributed by atoms with van der Waals surface area (Å²) in [6.45, 7) is 7.44. The molecule has 31 heavy (non-hydrogen) atoms. The van der Waals surface area contributed by atoms with Crippen LogP contribution in [0.15, 0.2) is 72.8 Å². The summed E-state index contributed by atoms with van der Waals surface area (Å²) in [6.07, 6.45) is 1.02. The van der Waals surface area contributed by atoms with Gasteiger partial charge in [-0.2, -0.15) is 0 Å². The Labute approximate surface area is 183 Å². The average Bonchev–Trinajstić information content (AvgIpc) is 2.77. The van der Waals surface area contributed by atoms with Crippen LogP contribution in [0.2, 0.25) is 0 Å². The SMILES string of the molecule is CC1CN(Cc2cccc(-c3ccc(F)cc3)c2)CCC1(C)c1cccc(C(N)=O)c1. The zero-order valence-corrected chi connectivity index (χ0v) is 18.1. The molecule has 2 N–H and O–H groups in total. The number of likely N-dealkylation sites (tertiary alicyclic amines) is 1. The molecule has 1 heterocycles. The van der Waals surface area contributed by atoms with Crippen molar-refractivity contribution in [2.24, 2.45) is 11.7 Å². The molecular formula is C27H29FN2O. The summed E-state index contributed by atoms with van der Waals surface area (Å²) in [6, 6.07) is 22.9. The highest BCUT2D eigenvalue weighted by atomic mass is 19.1. The first-order chi connectivity index (χ1) is 14.8. The van der Waals surface area contributed by atoms with Crippen LogP contribution in [0, 0.1) is 11.7 Å². The molecule has 1 fully saturated rings. The lowest BCUT2D eigenvalue weighted by Crippen LogP contribution is -2.47. The van der Waals surface area contributed by atoms with E-state index >= 15 is 0 Å². The van der Waals surface area contributed by atoms with Crippen LogP contribution < -0.4 is 5.73 Å². The minimum absolute atomic E-state index is 0.0118. The topological polar surface area (TPSA) is 46.3 Å². The van der Waals surface area contributed by atoms with Gasteiger partial charge in [0.25, 0.3) is 0 Å². The minimum atomic E-state index is -0.378. The Hall–Kier alpha value is -2.98. The zero-order chi connectivity index (χ0) is 22.0. The number of hydrogen-bond donors (Lipinski definition) is 1. The highest BCUT2D eigenvalue weighted by Gasteiger charge is 2.38. The van der Waals surface area contributed by atoms with Gasteiger partial charge in [0.05, 0.1) is 0 Å². The fourth-order valence-electron chi connectivity index (χ4n) is 4.67. The summed E-state index contributed by atoms with van der Waals surface area (Å²) >= 11 is 0. The molecule has 0 radical (unpaired) electrons. The van der Waals surface area contributed by atoms with Gasteiger partial charge in [0, 0.05) is 18.7 Å². The lowest BCUT2D eigenvalue weighted by Gasteiger charge is -2.45. The van der Waals surface area contributed by atoms with Crippen molar-refractivity contribution in [2.75, 3.05) is 13.1 Å². The number of benzene rings is 3. The maximum Gasteiger partial charge on any atom is 0.248 e. The van der Waals surface area contributed by atoms with E-state index < -0.39 is 0 Å². The molecule has 3 nitrogen and oxygen atoms in total. The Morgan fingerprint density at radius 1 is 1.06 bits per heavy atom. The molecule has 1 aliphatic rings. The molecule has 1 amide bonds. The number of halogens is 1. The van der Waals surface area contributed by atoms with E-state index in [9.17, 15) is 9.18 Å². The molecule has 1 aliphatic heterocycles. The van der Waals surface area contributed by atoms with E-state index in [1.807, 2.05) is 24.3 Å². The van der Waals surface area contributed by atoms with E-state index in [0.717, 1.165) is 37.2 Å². The summed E-state index contributed by atoms with van der Waals surface area (Å²) < 4.78 is 13.2. The number of amides is 1. The predicted molar refractivity (Wildman–Crippen MR) is 123 cm³/mol. The number of primary amides is 1. The number of piperidine rings is 1. The van der Waals surface area contributed by atoms with Gasteiger partial charge in [0.15, 0.2) is 0 Å². The maximum absolute atomic E-state index is 13.2. The summed E-state index contributed by atoms with van der Waals surface area (Å²) in [5.41, 5.74) is 10.7. The Bertz CT molecular complexity index is 1080. The third kappa shape index (κ3) is 4.54. The quantitative estimate of drug-likeness (QED) is 0.606. The third-order valence-corrected chi connectivity index (χ3v) is 6.88. The smallest absolute Gasteiger partial charge is 0.248 e. The van der Waals surface area contributed by atoms with Gasteiger partial charge in [-0.3, -0.25) is 9.69 Å². The molecule has 1 saturated heterocycles. The largest absolute Gasteiger partial charge is 0.366 e. The summed E-state index contributed by atoms with van der Waals surface area (Å²) in [7, 11) is 0. The monoisotopic (exact) mass is 416 g/mol. The van der Waals surface area contributed by atoms with E-state index in [2.05, 4.69) is 49.1 Å². The first kappa shape index (κ1) is 21.3. The highest BCUT2D eigenvalue weighted by molar-refractivity contribution is 5.93. The Kier molecular flexibility index (Phi) is 5.92. The predicted octanol–water partition coefficient (Wildman–Crippen LogP) is 5.39. The van der Waals surface area contributed by atoms with Crippen LogP contribution in [-0.4, -0.2) is 23.9 Å². The van der Waals surface area contributed by atoms with Crippen LogP contribution in [0.1, 0.15) is 41.8 Å². The number of nitrogens with zero attached hydrogens (tertiary/aromatic N) is 1. The minimum Gasteiger partial charge on any atom is -0.366 e. The summed E-state index contributed by atoms with van der Waals surface area (Å²) in [5.74, 6) is -0.159. The lowest BCUT2D eigenvalue weighted by molar-refractivity contribution is 0.0996. The highest BCUT2D eigenvalue weighted by Crippen LogP contribution is 2.40. The van der Waals surface area contributed by atoms with Crippen LogP contribution in [0.5, 0.6) is 0 Å². The second-order valence-electron chi connectivity index (χ2n) is 8.96. The van der Waals surface area contributed by atoms with Gasteiger partial charge < -0.3 is 5.73 Å². The van der Waals surface area contributed by atoms with E-state index in [4.69, 9.17) is 5.73 Å². The van der Waals surface area contributed by atoms with E-state index in [0.29, 0.717) is 11.5 Å². The van der Waals surface area contributed by atoms with Crippen LogP contribution in [0.3, 0.4) is 0 Å². The molecule has 3 aromatic rings. The average molecular weight is 417 g/mol. The van der Waals surface area contributed by atoms with Crippen molar-refractivity contribution in [3.05, 3.63) is 95.3 Å². The molecule has 0 bridgehead atoms. The van der Waals surface area contributed by atoms with Crippen molar-refractivity contribution in [1.29, 1.82) is 0 Å². The number of rotatable bonds is 5. The van der Waals surface area contributed by atoms with Crippen molar-refractivity contribution in [3.63, 3.8) is 0 Å². The number of carbonyl (C=O) groups is 1. The Balaban J connectivity index is 1.47. The van der Waals surface area contributed by atoms with Crippen LogP contribution in [0.4, 0.5) is 4.39 Å². The van der Waals surface area contributed by atoms with Crippen LogP contribution in [-0.2, 0) is 12.0 Å².